The van der Waals surface area contributed by atoms with E-state index < -0.39 is 0 Å². The lowest BCUT2D eigenvalue weighted by atomic mass is 10.1. The summed E-state index contributed by atoms with van der Waals surface area (Å²) in [6.45, 7) is 6.03. The van der Waals surface area contributed by atoms with Crippen molar-refractivity contribution in [1.82, 2.24) is 10.2 Å². The van der Waals surface area contributed by atoms with Crippen LogP contribution < -0.4 is 15.0 Å². The number of carbonyl (C=O) groups is 1. The Labute approximate surface area is 168 Å². The molecule has 1 heterocycles. The summed E-state index contributed by atoms with van der Waals surface area (Å²) in [7, 11) is 1.73. The van der Waals surface area contributed by atoms with Crippen LogP contribution in [0.2, 0.25) is 0 Å². The zero-order valence-electron chi connectivity index (χ0n) is 16.8. The van der Waals surface area contributed by atoms with Gasteiger partial charge >= 0.3 is 0 Å². The van der Waals surface area contributed by atoms with Crippen LogP contribution in [0.5, 0.6) is 5.75 Å². The molecule has 1 fully saturated rings. The lowest BCUT2D eigenvalue weighted by Crippen LogP contribution is -2.46. The van der Waals surface area contributed by atoms with Crippen LogP contribution >= 0.6 is 0 Å². The first kappa shape index (κ1) is 20.2. The topological polar surface area (TPSA) is 44.8 Å². The Hall–Kier alpha value is -2.53. The van der Waals surface area contributed by atoms with Gasteiger partial charge < -0.3 is 15.0 Å². The Morgan fingerprint density at radius 3 is 2.43 bits per heavy atom. The SMILES string of the molecule is COc1ccccc1N1CCN(CCCCNC(=O)Cc2ccccc2)CC1. The zero-order chi connectivity index (χ0) is 19.6. The maximum absolute atomic E-state index is 12.0. The molecule has 5 heteroatoms. The van der Waals surface area contributed by atoms with E-state index in [1.54, 1.807) is 7.11 Å². The van der Waals surface area contributed by atoms with Gasteiger partial charge in [-0.3, -0.25) is 9.69 Å². The van der Waals surface area contributed by atoms with Crippen LogP contribution in [0.3, 0.4) is 0 Å². The molecule has 0 bridgehead atoms. The van der Waals surface area contributed by atoms with Gasteiger partial charge in [-0.1, -0.05) is 42.5 Å². The van der Waals surface area contributed by atoms with E-state index in [4.69, 9.17) is 4.74 Å². The van der Waals surface area contributed by atoms with Crippen molar-refractivity contribution in [3.05, 3.63) is 60.2 Å². The summed E-state index contributed by atoms with van der Waals surface area (Å²) in [4.78, 5) is 16.9. The van der Waals surface area contributed by atoms with E-state index in [0.717, 1.165) is 63.4 Å². The maximum Gasteiger partial charge on any atom is 0.224 e. The maximum atomic E-state index is 12.0. The molecule has 3 rings (SSSR count). The van der Waals surface area contributed by atoms with Crippen LogP contribution in [0.4, 0.5) is 5.69 Å². The third kappa shape index (κ3) is 5.99. The van der Waals surface area contributed by atoms with Crippen molar-refractivity contribution in [3.63, 3.8) is 0 Å². The second-order valence-electron chi connectivity index (χ2n) is 7.22. The van der Waals surface area contributed by atoms with E-state index in [1.807, 2.05) is 42.5 Å². The van der Waals surface area contributed by atoms with Crippen LogP contribution in [0.1, 0.15) is 18.4 Å². The molecule has 0 saturated carbocycles. The monoisotopic (exact) mass is 381 g/mol. The molecular formula is C23H31N3O2. The smallest absolute Gasteiger partial charge is 0.224 e. The number of methoxy groups -OCH3 is 1. The summed E-state index contributed by atoms with van der Waals surface area (Å²) in [6.07, 6.45) is 2.60. The molecule has 0 aliphatic carbocycles. The van der Waals surface area contributed by atoms with Gasteiger partial charge in [-0.2, -0.15) is 0 Å². The number of ether oxygens (including phenoxy) is 1. The number of anilines is 1. The standard InChI is InChI=1S/C23H31N3O2/c1-28-22-12-6-5-11-21(22)26-17-15-25(16-18-26)14-8-7-13-24-23(27)19-20-9-3-2-4-10-20/h2-6,9-12H,7-8,13-19H2,1H3,(H,24,27). The predicted molar refractivity (Wildman–Crippen MR) is 114 cm³/mol. The zero-order valence-corrected chi connectivity index (χ0v) is 16.8. The summed E-state index contributed by atoms with van der Waals surface area (Å²) < 4.78 is 5.48. The van der Waals surface area contributed by atoms with Crippen molar-refractivity contribution in [2.75, 3.05) is 51.3 Å². The van der Waals surface area contributed by atoms with Crippen LogP contribution in [-0.2, 0) is 11.2 Å². The molecule has 0 radical (unpaired) electrons. The molecule has 2 aromatic rings. The number of hydrogen-bond acceptors (Lipinski definition) is 4. The van der Waals surface area contributed by atoms with Gasteiger partial charge in [0, 0.05) is 32.7 Å². The molecule has 5 nitrogen and oxygen atoms in total. The first-order chi connectivity index (χ1) is 13.8. The molecule has 1 aliphatic rings. The fraction of sp³-hybridized carbons (Fsp3) is 0.435. The van der Waals surface area contributed by atoms with Gasteiger partial charge in [-0.15, -0.1) is 0 Å². The number of carbonyl (C=O) groups excluding carboxylic acids is 1. The molecule has 1 aliphatic heterocycles. The van der Waals surface area contributed by atoms with Crippen molar-refractivity contribution < 1.29 is 9.53 Å². The Kier molecular flexibility index (Phi) is 7.73. The minimum absolute atomic E-state index is 0.108. The van der Waals surface area contributed by atoms with Gasteiger partial charge in [0.25, 0.3) is 0 Å². The molecule has 0 spiro atoms. The Morgan fingerprint density at radius 1 is 0.964 bits per heavy atom. The van der Waals surface area contributed by atoms with Crippen molar-refractivity contribution in [3.8, 4) is 5.75 Å². The van der Waals surface area contributed by atoms with E-state index in [0.29, 0.717) is 6.42 Å². The molecule has 1 N–H and O–H groups in total. The molecule has 2 aromatic carbocycles. The molecule has 1 saturated heterocycles. The molecule has 150 valence electrons. The van der Waals surface area contributed by atoms with Gasteiger partial charge in [0.15, 0.2) is 0 Å². The van der Waals surface area contributed by atoms with Crippen LogP contribution in [0.15, 0.2) is 54.6 Å². The summed E-state index contributed by atoms with van der Waals surface area (Å²) >= 11 is 0. The molecule has 28 heavy (non-hydrogen) atoms. The summed E-state index contributed by atoms with van der Waals surface area (Å²) in [5, 5.41) is 3.03. The minimum Gasteiger partial charge on any atom is -0.495 e. The van der Waals surface area contributed by atoms with Crippen molar-refractivity contribution in [2.45, 2.75) is 19.3 Å². The van der Waals surface area contributed by atoms with Gasteiger partial charge in [0.2, 0.25) is 5.91 Å². The highest BCUT2D eigenvalue weighted by molar-refractivity contribution is 5.78. The van der Waals surface area contributed by atoms with Crippen molar-refractivity contribution >= 4 is 11.6 Å². The van der Waals surface area contributed by atoms with Crippen LogP contribution in [0, 0.1) is 0 Å². The highest BCUT2D eigenvalue weighted by atomic mass is 16.5. The number of nitrogens with zero attached hydrogens (tertiary/aromatic N) is 2. The Morgan fingerprint density at radius 2 is 1.68 bits per heavy atom. The van der Waals surface area contributed by atoms with E-state index in [-0.39, 0.29) is 5.91 Å². The second-order valence-corrected chi connectivity index (χ2v) is 7.22. The van der Waals surface area contributed by atoms with E-state index >= 15 is 0 Å². The van der Waals surface area contributed by atoms with Crippen molar-refractivity contribution in [2.24, 2.45) is 0 Å². The number of hydrogen-bond donors (Lipinski definition) is 1. The highest BCUT2D eigenvalue weighted by Crippen LogP contribution is 2.28. The van der Waals surface area contributed by atoms with Crippen molar-refractivity contribution in [1.29, 1.82) is 0 Å². The summed E-state index contributed by atoms with van der Waals surface area (Å²) in [6, 6.07) is 18.1. The number of rotatable bonds is 9. The number of para-hydroxylation sites is 2. The Balaban J connectivity index is 1.29. The fourth-order valence-electron chi connectivity index (χ4n) is 3.64. The van der Waals surface area contributed by atoms with E-state index in [9.17, 15) is 4.79 Å². The molecule has 0 unspecified atom stereocenters. The average molecular weight is 382 g/mol. The number of benzene rings is 2. The first-order valence-electron chi connectivity index (χ1n) is 10.2. The second kappa shape index (κ2) is 10.7. The largest absolute Gasteiger partial charge is 0.495 e. The third-order valence-corrected chi connectivity index (χ3v) is 5.23. The average Bonchev–Trinajstić information content (AvgIpc) is 2.74. The highest BCUT2D eigenvalue weighted by Gasteiger charge is 2.19. The number of unbranched alkanes of at least 4 members (excludes halogenated alkanes) is 1. The first-order valence-corrected chi connectivity index (χ1v) is 10.2. The number of piperazine rings is 1. The van der Waals surface area contributed by atoms with Gasteiger partial charge in [0.1, 0.15) is 5.75 Å². The Bertz CT molecular complexity index is 728. The lowest BCUT2D eigenvalue weighted by molar-refractivity contribution is -0.120. The summed E-state index contributed by atoms with van der Waals surface area (Å²) in [5.41, 5.74) is 2.25. The minimum atomic E-state index is 0.108. The number of nitrogens with one attached hydrogen (secondary N) is 1. The van der Waals surface area contributed by atoms with Crippen LogP contribution in [-0.4, -0.2) is 57.2 Å². The van der Waals surface area contributed by atoms with E-state index in [2.05, 4.69) is 27.2 Å². The molecule has 0 aromatic heterocycles. The third-order valence-electron chi connectivity index (χ3n) is 5.23. The molecular weight excluding hydrogens is 350 g/mol. The van der Waals surface area contributed by atoms with Gasteiger partial charge in [-0.05, 0) is 37.1 Å². The molecule has 1 amide bonds. The van der Waals surface area contributed by atoms with Gasteiger partial charge in [0.05, 0.1) is 19.2 Å². The quantitative estimate of drug-likeness (QED) is 0.679. The van der Waals surface area contributed by atoms with Gasteiger partial charge in [-0.25, -0.2) is 0 Å². The fourth-order valence-corrected chi connectivity index (χ4v) is 3.64. The predicted octanol–water partition coefficient (Wildman–Crippen LogP) is 2.96. The van der Waals surface area contributed by atoms with E-state index in [1.165, 1.54) is 5.69 Å². The van der Waals surface area contributed by atoms with Crippen LogP contribution in [0.25, 0.3) is 0 Å². The lowest BCUT2D eigenvalue weighted by Gasteiger charge is -2.36. The summed E-state index contributed by atoms with van der Waals surface area (Å²) in [5.74, 6) is 1.05. The number of amides is 1. The normalized spacial score (nSPS) is 14.7. The molecule has 0 atom stereocenters.